The lowest BCUT2D eigenvalue weighted by Gasteiger charge is -2.32. The Bertz CT molecular complexity index is 148. The Morgan fingerprint density at radius 1 is 0.750 bits per heavy atom. The van der Waals surface area contributed by atoms with Crippen LogP contribution in [0.3, 0.4) is 0 Å². The zero-order chi connectivity index (χ0) is 12.6. The third-order valence-corrected chi connectivity index (χ3v) is 4.67. The number of unbranched alkanes of at least 4 members (excludes halogenated alkanes) is 1. The highest BCUT2D eigenvalue weighted by molar-refractivity contribution is 4.74. The molecule has 0 aliphatic rings. The highest BCUT2D eigenvalue weighted by Gasteiger charge is 2.24. The smallest absolute Gasteiger partial charge is 0.0386 e. The van der Waals surface area contributed by atoms with E-state index in [0.29, 0.717) is 0 Å². The van der Waals surface area contributed by atoms with E-state index in [1.165, 1.54) is 38.5 Å². The Labute approximate surface area is 104 Å². The molecule has 0 heterocycles. The minimum atomic E-state index is 0.891. The van der Waals surface area contributed by atoms with E-state index in [0.717, 1.165) is 23.7 Å². The second-order valence-electron chi connectivity index (χ2n) is 5.79. The van der Waals surface area contributed by atoms with Gasteiger partial charge in [0.05, 0.1) is 0 Å². The van der Waals surface area contributed by atoms with E-state index in [-0.39, 0.29) is 0 Å². The topological polar surface area (TPSA) is 0 Å². The molecule has 0 spiro atoms. The molecular formula is C16H34. The molecule has 0 saturated heterocycles. The van der Waals surface area contributed by atoms with Gasteiger partial charge in [-0.2, -0.15) is 0 Å². The summed E-state index contributed by atoms with van der Waals surface area (Å²) in [6, 6.07) is 0. The summed E-state index contributed by atoms with van der Waals surface area (Å²) < 4.78 is 0. The quantitative estimate of drug-likeness (QED) is 0.458. The van der Waals surface area contributed by atoms with Crippen LogP contribution in [-0.4, -0.2) is 0 Å². The van der Waals surface area contributed by atoms with Crippen LogP contribution in [0.25, 0.3) is 0 Å². The summed E-state index contributed by atoms with van der Waals surface area (Å²) in [6.07, 6.45) is 8.31. The SMILES string of the molecule is CCCCC(CC)C(C)C(C)C(C)CCC. The molecule has 0 amide bonds. The Hall–Kier alpha value is 0. The van der Waals surface area contributed by atoms with Gasteiger partial charge in [-0.1, -0.05) is 80.1 Å². The van der Waals surface area contributed by atoms with Gasteiger partial charge in [-0.15, -0.1) is 0 Å². The summed E-state index contributed by atoms with van der Waals surface area (Å²) in [5, 5.41) is 0. The fourth-order valence-electron chi connectivity index (χ4n) is 2.97. The van der Waals surface area contributed by atoms with Crippen LogP contribution in [0.1, 0.15) is 80.1 Å². The van der Waals surface area contributed by atoms with Crippen molar-refractivity contribution in [3.05, 3.63) is 0 Å². The predicted molar refractivity (Wildman–Crippen MR) is 75.7 cm³/mol. The van der Waals surface area contributed by atoms with Gasteiger partial charge in [-0.25, -0.2) is 0 Å². The maximum Gasteiger partial charge on any atom is -0.0386 e. The van der Waals surface area contributed by atoms with Gasteiger partial charge in [-0.3, -0.25) is 0 Å². The maximum absolute atomic E-state index is 2.49. The molecule has 0 rings (SSSR count). The summed E-state index contributed by atoms with van der Waals surface area (Å²) in [7, 11) is 0. The Balaban J connectivity index is 4.19. The first-order valence-corrected chi connectivity index (χ1v) is 7.58. The monoisotopic (exact) mass is 226 g/mol. The molecule has 0 aliphatic carbocycles. The number of rotatable bonds is 9. The highest BCUT2D eigenvalue weighted by atomic mass is 14.3. The molecule has 4 atom stereocenters. The van der Waals surface area contributed by atoms with Crippen molar-refractivity contribution in [2.75, 3.05) is 0 Å². The van der Waals surface area contributed by atoms with Crippen molar-refractivity contribution < 1.29 is 0 Å². The van der Waals surface area contributed by atoms with Gasteiger partial charge >= 0.3 is 0 Å². The molecule has 16 heavy (non-hydrogen) atoms. The van der Waals surface area contributed by atoms with Crippen LogP contribution in [0.15, 0.2) is 0 Å². The van der Waals surface area contributed by atoms with E-state index in [9.17, 15) is 0 Å². The van der Waals surface area contributed by atoms with Gasteiger partial charge in [0.1, 0.15) is 0 Å². The lowest BCUT2D eigenvalue weighted by Crippen LogP contribution is -2.23. The van der Waals surface area contributed by atoms with Crippen LogP contribution in [0, 0.1) is 23.7 Å². The maximum atomic E-state index is 2.49. The Morgan fingerprint density at radius 2 is 1.38 bits per heavy atom. The Morgan fingerprint density at radius 3 is 1.81 bits per heavy atom. The van der Waals surface area contributed by atoms with Gasteiger partial charge in [0.2, 0.25) is 0 Å². The van der Waals surface area contributed by atoms with E-state index >= 15 is 0 Å². The molecule has 0 saturated carbocycles. The predicted octanol–water partition coefficient (Wildman–Crippen LogP) is 5.91. The molecular weight excluding hydrogens is 192 g/mol. The summed E-state index contributed by atoms with van der Waals surface area (Å²) >= 11 is 0. The first-order chi connectivity index (χ1) is 7.58. The van der Waals surface area contributed by atoms with Crippen molar-refractivity contribution in [1.82, 2.24) is 0 Å². The zero-order valence-electron chi connectivity index (χ0n) is 12.6. The van der Waals surface area contributed by atoms with Crippen LogP contribution >= 0.6 is 0 Å². The number of hydrogen-bond donors (Lipinski definition) is 0. The van der Waals surface area contributed by atoms with Gasteiger partial charge < -0.3 is 0 Å². The second kappa shape index (κ2) is 9.07. The third kappa shape index (κ3) is 5.37. The first kappa shape index (κ1) is 16.0. The van der Waals surface area contributed by atoms with Crippen LogP contribution in [-0.2, 0) is 0 Å². The average molecular weight is 226 g/mol. The molecule has 0 bridgehead atoms. The van der Waals surface area contributed by atoms with Crippen LogP contribution in [0.5, 0.6) is 0 Å². The average Bonchev–Trinajstić information content (AvgIpc) is 2.29. The minimum Gasteiger partial charge on any atom is -0.0654 e. The van der Waals surface area contributed by atoms with E-state index in [4.69, 9.17) is 0 Å². The zero-order valence-corrected chi connectivity index (χ0v) is 12.6. The molecule has 0 radical (unpaired) electrons. The van der Waals surface area contributed by atoms with Crippen molar-refractivity contribution in [3.63, 3.8) is 0 Å². The van der Waals surface area contributed by atoms with Crippen molar-refractivity contribution in [2.24, 2.45) is 23.7 Å². The lowest BCUT2D eigenvalue weighted by molar-refractivity contribution is 0.179. The van der Waals surface area contributed by atoms with Crippen molar-refractivity contribution in [3.8, 4) is 0 Å². The van der Waals surface area contributed by atoms with Gasteiger partial charge in [0.15, 0.2) is 0 Å². The van der Waals surface area contributed by atoms with Crippen LogP contribution in [0.2, 0.25) is 0 Å². The van der Waals surface area contributed by atoms with Gasteiger partial charge in [-0.05, 0) is 23.7 Å². The van der Waals surface area contributed by atoms with Crippen LogP contribution < -0.4 is 0 Å². The van der Waals surface area contributed by atoms with Gasteiger partial charge in [0.25, 0.3) is 0 Å². The molecule has 0 aromatic carbocycles. The standard InChI is InChI=1S/C16H34/c1-7-10-12-16(9-3)15(6)14(5)13(4)11-8-2/h13-16H,7-12H2,1-6H3. The molecule has 0 aromatic rings. The van der Waals surface area contributed by atoms with Gasteiger partial charge in [0, 0.05) is 0 Å². The summed E-state index contributed by atoms with van der Waals surface area (Å²) in [5.41, 5.74) is 0. The fourth-order valence-corrected chi connectivity index (χ4v) is 2.97. The van der Waals surface area contributed by atoms with E-state index < -0.39 is 0 Å². The Kier molecular flexibility index (Phi) is 9.07. The van der Waals surface area contributed by atoms with E-state index in [2.05, 4.69) is 41.5 Å². The molecule has 0 fully saturated rings. The molecule has 0 aliphatic heterocycles. The molecule has 0 heteroatoms. The lowest BCUT2D eigenvalue weighted by atomic mass is 9.74. The van der Waals surface area contributed by atoms with Crippen molar-refractivity contribution in [1.29, 1.82) is 0 Å². The van der Waals surface area contributed by atoms with Crippen LogP contribution in [0.4, 0.5) is 0 Å². The first-order valence-electron chi connectivity index (χ1n) is 7.58. The molecule has 0 aromatic heterocycles. The minimum absolute atomic E-state index is 0.891. The summed E-state index contributed by atoms with van der Waals surface area (Å²) in [6.45, 7) is 14.4. The van der Waals surface area contributed by atoms with E-state index in [1.807, 2.05) is 0 Å². The summed E-state index contributed by atoms with van der Waals surface area (Å²) in [4.78, 5) is 0. The molecule has 98 valence electrons. The fraction of sp³-hybridized carbons (Fsp3) is 1.00. The number of hydrogen-bond acceptors (Lipinski definition) is 0. The highest BCUT2D eigenvalue weighted by Crippen LogP contribution is 2.33. The molecule has 4 unspecified atom stereocenters. The summed E-state index contributed by atoms with van der Waals surface area (Å²) in [5.74, 6) is 3.64. The van der Waals surface area contributed by atoms with Crippen molar-refractivity contribution in [2.45, 2.75) is 80.1 Å². The van der Waals surface area contributed by atoms with Crippen molar-refractivity contribution >= 4 is 0 Å². The second-order valence-corrected chi connectivity index (χ2v) is 5.79. The largest absolute Gasteiger partial charge is 0.0654 e. The molecule has 0 nitrogen and oxygen atoms in total. The van der Waals surface area contributed by atoms with E-state index in [1.54, 1.807) is 0 Å². The molecule has 0 N–H and O–H groups in total. The third-order valence-electron chi connectivity index (χ3n) is 4.67. The normalized spacial score (nSPS) is 19.1.